The number of carbonyl (C=O) groups excluding carboxylic acids is 3. The predicted molar refractivity (Wildman–Crippen MR) is 99.0 cm³/mol. The minimum Gasteiger partial charge on any atom is -0.489 e. The molecule has 3 aliphatic heterocycles. The molecule has 0 radical (unpaired) electrons. The molecule has 1 saturated heterocycles. The van der Waals surface area contributed by atoms with Crippen molar-refractivity contribution in [3.05, 3.63) is 23.3 Å². The number of nitrogens with zero attached hydrogens (tertiary/aromatic N) is 2. The van der Waals surface area contributed by atoms with Crippen molar-refractivity contribution in [3.63, 3.8) is 0 Å². The maximum Gasteiger partial charge on any atom is 0.255 e. The summed E-state index contributed by atoms with van der Waals surface area (Å²) in [5, 5.41) is 5.98. The standard InChI is InChI=1S/C19H24N4O4/c1-20-18(25)16(3-2-8-24)23-10-14-13(19(23)26)4-5-15-17(14)27-11-12-9-21-6-7-22(12)15/h4-5,8,12,16,21H,2-3,6-7,9-11H2,1H3,(H,20,25). The molecule has 1 aromatic carbocycles. The van der Waals surface area contributed by atoms with Gasteiger partial charge in [0.15, 0.2) is 0 Å². The molecule has 8 heteroatoms. The zero-order valence-electron chi connectivity index (χ0n) is 15.4. The van der Waals surface area contributed by atoms with E-state index in [4.69, 9.17) is 4.74 Å². The van der Waals surface area contributed by atoms with Gasteiger partial charge in [0.05, 0.1) is 18.3 Å². The summed E-state index contributed by atoms with van der Waals surface area (Å²) in [4.78, 5) is 40.0. The van der Waals surface area contributed by atoms with Crippen LogP contribution < -0.4 is 20.3 Å². The third-order valence-corrected chi connectivity index (χ3v) is 5.62. The lowest BCUT2D eigenvalue weighted by atomic mass is 10.0. The third-order valence-electron chi connectivity index (χ3n) is 5.62. The Balaban J connectivity index is 1.66. The van der Waals surface area contributed by atoms with Crippen molar-refractivity contribution in [2.24, 2.45) is 0 Å². The van der Waals surface area contributed by atoms with Crippen molar-refractivity contribution in [3.8, 4) is 5.75 Å². The summed E-state index contributed by atoms with van der Waals surface area (Å²) in [7, 11) is 1.54. The summed E-state index contributed by atoms with van der Waals surface area (Å²) in [5.41, 5.74) is 2.45. The van der Waals surface area contributed by atoms with Gasteiger partial charge in [-0.15, -0.1) is 0 Å². The second-order valence-corrected chi connectivity index (χ2v) is 7.11. The zero-order chi connectivity index (χ0) is 19.0. The van der Waals surface area contributed by atoms with Crippen LogP contribution in [0.5, 0.6) is 5.75 Å². The number of carbonyl (C=O) groups is 3. The van der Waals surface area contributed by atoms with E-state index in [0.29, 0.717) is 31.2 Å². The second-order valence-electron chi connectivity index (χ2n) is 7.11. The average Bonchev–Trinajstić information content (AvgIpc) is 3.04. The maximum absolute atomic E-state index is 13.0. The third kappa shape index (κ3) is 2.93. The van der Waals surface area contributed by atoms with Gasteiger partial charge in [-0.25, -0.2) is 0 Å². The molecule has 3 heterocycles. The number of rotatable bonds is 5. The van der Waals surface area contributed by atoms with Crippen molar-refractivity contribution in [1.29, 1.82) is 0 Å². The molecule has 0 aromatic heterocycles. The van der Waals surface area contributed by atoms with Crippen LogP contribution in [-0.4, -0.2) is 68.4 Å². The number of ether oxygens (including phenoxy) is 1. The smallest absolute Gasteiger partial charge is 0.255 e. The molecule has 144 valence electrons. The van der Waals surface area contributed by atoms with Crippen molar-refractivity contribution in [1.82, 2.24) is 15.5 Å². The molecular formula is C19H24N4O4. The predicted octanol–water partition coefficient (Wildman–Crippen LogP) is -0.0933. The van der Waals surface area contributed by atoms with Gasteiger partial charge in [-0.1, -0.05) is 0 Å². The number of fused-ring (bicyclic) bond motifs is 5. The number of piperazine rings is 1. The first kappa shape index (κ1) is 17.8. The molecule has 0 saturated carbocycles. The van der Waals surface area contributed by atoms with Gasteiger partial charge in [0.1, 0.15) is 24.7 Å². The number of hydrogen-bond donors (Lipinski definition) is 2. The molecule has 3 aliphatic rings. The number of likely N-dealkylation sites (N-methyl/N-ethyl adjacent to an activating group) is 1. The quantitative estimate of drug-likeness (QED) is 0.702. The van der Waals surface area contributed by atoms with Crippen LogP contribution in [0.15, 0.2) is 12.1 Å². The molecule has 8 nitrogen and oxygen atoms in total. The highest BCUT2D eigenvalue weighted by atomic mass is 16.5. The number of aldehydes is 1. The lowest BCUT2D eigenvalue weighted by Gasteiger charge is -2.42. The summed E-state index contributed by atoms with van der Waals surface area (Å²) >= 11 is 0. The van der Waals surface area contributed by atoms with Gasteiger partial charge in [0, 0.05) is 44.2 Å². The Hall–Kier alpha value is -2.61. The van der Waals surface area contributed by atoms with Crippen molar-refractivity contribution in [2.75, 3.05) is 38.2 Å². The fourth-order valence-corrected chi connectivity index (χ4v) is 4.24. The molecule has 1 aromatic rings. The highest BCUT2D eigenvalue weighted by Gasteiger charge is 2.40. The van der Waals surface area contributed by atoms with Crippen molar-refractivity contribution >= 4 is 23.8 Å². The summed E-state index contributed by atoms with van der Waals surface area (Å²) < 4.78 is 6.06. The van der Waals surface area contributed by atoms with E-state index in [-0.39, 0.29) is 18.2 Å². The van der Waals surface area contributed by atoms with Crippen LogP contribution >= 0.6 is 0 Å². The van der Waals surface area contributed by atoms with Crippen LogP contribution in [0.4, 0.5) is 5.69 Å². The van der Waals surface area contributed by atoms with Gasteiger partial charge < -0.3 is 30.0 Å². The fourth-order valence-electron chi connectivity index (χ4n) is 4.24. The number of anilines is 1. The van der Waals surface area contributed by atoms with Crippen LogP contribution in [0.3, 0.4) is 0 Å². The number of amides is 2. The number of hydrogen-bond acceptors (Lipinski definition) is 6. The first-order valence-corrected chi connectivity index (χ1v) is 9.38. The molecule has 2 N–H and O–H groups in total. The van der Waals surface area contributed by atoms with Gasteiger partial charge in [0.25, 0.3) is 5.91 Å². The van der Waals surface area contributed by atoms with Crippen LogP contribution in [0.25, 0.3) is 0 Å². The Morgan fingerprint density at radius 2 is 2.33 bits per heavy atom. The topological polar surface area (TPSA) is 91.0 Å². The van der Waals surface area contributed by atoms with E-state index in [1.54, 1.807) is 11.9 Å². The Labute approximate surface area is 157 Å². The lowest BCUT2D eigenvalue weighted by molar-refractivity contribution is -0.125. The zero-order valence-corrected chi connectivity index (χ0v) is 15.4. The molecule has 2 atom stereocenters. The summed E-state index contributed by atoms with van der Waals surface area (Å²) in [6.07, 6.45) is 1.32. The average molecular weight is 372 g/mol. The van der Waals surface area contributed by atoms with Gasteiger partial charge >= 0.3 is 0 Å². The van der Waals surface area contributed by atoms with E-state index in [9.17, 15) is 14.4 Å². The molecule has 0 aliphatic carbocycles. The summed E-state index contributed by atoms with van der Waals surface area (Å²) in [6.45, 7) is 3.60. The van der Waals surface area contributed by atoms with Gasteiger partial charge in [-0.05, 0) is 18.6 Å². The van der Waals surface area contributed by atoms with Crippen LogP contribution in [0, 0.1) is 0 Å². The lowest BCUT2D eigenvalue weighted by Crippen LogP contribution is -2.55. The van der Waals surface area contributed by atoms with E-state index in [0.717, 1.165) is 42.9 Å². The van der Waals surface area contributed by atoms with Gasteiger partial charge in [0.2, 0.25) is 5.91 Å². The fraction of sp³-hybridized carbons (Fsp3) is 0.526. The molecule has 27 heavy (non-hydrogen) atoms. The Morgan fingerprint density at radius 1 is 1.48 bits per heavy atom. The van der Waals surface area contributed by atoms with E-state index < -0.39 is 6.04 Å². The normalized spacial score (nSPS) is 21.7. The monoisotopic (exact) mass is 372 g/mol. The van der Waals surface area contributed by atoms with Crippen molar-refractivity contribution in [2.45, 2.75) is 31.5 Å². The van der Waals surface area contributed by atoms with E-state index in [2.05, 4.69) is 15.5 Å². The Kier molecular flexibility index (Phi) is 4.73. The van der Waals surface area contributed by atoms with E-state index in [1.807, 2.05) is 12.1 Å². The highest BCUT2D eigenvalue weighted by Crippen LogP contribution is 2.42. The molecule has 0 spiro atoms. The molecule has 2 unspecified atom stereocenters. The molecule has 4 rings (SSSR count). The first-order chi connectivity index (χ1) is 13.2. The molecular weight excluding hydrogens is 348 g/mol. The minimum absolute atomic E-state index is 0.182. The summed E-state index contributed by atoms with van der Waals surface area (Å²) in [6, 6.07) is 3.42. The number of benzene rings is 1. The van der Waals surface area contributed by atoms with E-state index in [1.165, 1.54) is 0 Å². The largest absolute Gasteiger partial charge is 0.489 e. The van der Waals surface area contributed by atoms with Crippen LogP contribution in [0.2, 0.25) is 0 Å². The van der Waals surface area contributed by atoms with Gasteiger partial charge in [-0.2, -0.15) is 0 Å². The molecule has 0 bridgehead atoms. The molecule has 1 fully saturated rings. The number of nitrogens with one attached hydrogen (secondary N) is 2. The Morgan fingerprint density at radius 3 is 3.11 bits per heavy atom. The first-order valence-electron chi connectivity index (χ1n) is 9.38. The van der Waals surface area contributed by atoms with Crippen LogP contribution in [0.1, 0.15) is 28.8 Å². The van der Waals surface area contributed by atoms with E-state index >= 15 is 0 Å². The van der Waals surface area contributed by atoms with Crippen LogP contribution in [-0.2, 0) is 16.1 Å². The van der Waals surface area contributed by atoms with Gasteiger partial charge in [-0.3, -0.25) is 9.59 Å². The SMILES string of the molecule is CNC(=O)C(CCC=O)N1Cc2c(ccc3c2OCC2CNCCN32)C1=O. The Bertz CT molecular complexity index is 781. The molecule has 2 amide bonds. The maximum atomic E-state index is 13.0. The highest BCUT2D eigenvalue weighted by molar-refractivity contribution is 6.02. The summed E-state index contributed by atoms with van der Waals surface area (Å²) in [5.74, 6) is 0.320. The second kappa shape index (κ2) is 7.19. The van der Waals surface area contributed by atoms with Crippen molar-refractivity contribution < 1.29 is 19.1 Å². The minimum atomic E-state index is -0.661.